The maximum atomic E-state index is 12.2. The molecule has 0 fully saturated rings. The van der Waals surface area contributed by atoms with Gasteiger partial charge in [0.05, 0.1) is 6.42 Å². The standard InChI is InChI=1S/C14H23F3N4/c1-4-6-11-20-12(18-8-5-2)10(3)13(21-11)19-9-7-14(15,16)17/h4-9H2,1-3H3,(H2,18,19,20,21). The van der Waals surface area contributed by atoms with Gasteiger partial charge in [-0.1, -0.05) is 13.8 Å². The lowest BCUT2D eigenvalue weighted by molar-refractivity contribution is -0.131. The smallest absolute Gasteiger partial charge is 0.370 e. The highest BCUT2D eigenvalue weighted by Crippen LogP contribution is 2.23. The summed E-state index contributed by atoms with van der Waals surface area (Å²) in [5.74, 6) is 1.83. The van der Waals surface area contributed by atoms with Crippen LogP contribution in [0, 0.1) is 6.92 Å². The van der Waals surface area contributed by atoms with Crippen molar-refractivity contribution >= 4 is 11.6 Å². The predicted molar refractivity (Wildman–Crippen MR) is 78.7 cm³/mol. The maximum Gasteiger partial charge on any atom is 0.390 e. The first kappa shape index (κ1) is 17.5. The topological polar surface area (TPSA) is 49.8 Å². The Balaban J connectivity index is 2.86. The molecule has 1 aromatic heterocycles. The first-order valence-corrected chi connectivity index (χ1v) is 7.29. The molecule has 21 heavy (non-hydrogen) atoms. The van der Waals surface area contributed by atoms with Crippen LogP contribution in [0.2, 0.25) is 0 Å². The molecular weight excluding hydrogens is 281 g/mol. The van der Waals surface area contributed by atoms with Crippen molar-refractivity contribution in [3.05, 3.63) is 11.4 Å². The molecule has 2 N–H and O–H groups in total. The third-order valence-corrected chi connectivity index (χ3v) is 2.91. The average molecular weight is 304 g/mol. The lowest BCUT2D eigenvalue weighted by atomic mass is 10.2. The Kier molecular flexibility index (Phi) is 6.71. The molecule has 0 spiro atoms. The van der Waals surface area contributed by atoms with Crippen molar-refractivity contribution in [2.24, 2.45) is 0 Å². The first-order chi connectivity index (χ1) is 9.87. The second-order valence-electron chi connectivity index (χ2n) is 4.93. The van der Waals surface area contributed by atoms with Gasteiger partial charge in [0.1, 0.15) is 17.5 Å². The SMILES string of the molecule is CCCNc1nc(CCC)nc(NCCC(F)(F)F)c1C. The molecule has 0 aromatic carbocycles. The van der Waals surface area contributed by atoms with Crippen molar-refractivity contribution in [3.63, 3.8) is 0 Å². The zero-order valence-corrected chi connectivity index (χ0v) is 12.8. The number of hydrogen-bond acceptors (Lipinski definition) is 4. The Labute approximate surface area is 123 Å². The van der Waals surface area contributed by atoms with Crippen LogP contribution in [-0.4, -0.2) is 29.2 Å². The van der Waals surface area contributed by atoms with Crippen molar-refractivity contribution in [3.8, 4) is 0 Å². The van der Waals surface area contributed by atoms with Crippen LogP contribution in [-0.2, 0) is 6.42 Å². The van der Waals surface area contributed by atoms with Crippen LogP contribution >= 0.6 is 0 Å². The van der Waals surface area contributed by atoms with E-state index in [1.807, 2.05) is 20.8 Å². The zero-order chi connectivity index (χ0) is 15.9. The van der Waals surface area contributed by atoms with E-state index in [9.17, 15) is 13.2 Å². The summed E-state index contributed by atoms with van der Waals surface area (Å²) < 4.78 is 36.7. The fourth-order valence-corrected chi connectivity index (χ4v) is 1.81. The highest BCUT2D eigenvalue weighted by atomic mass is 19.4. The van der Waals surface area contributed by atoms with E-state index in [0.717, 1.165) is 24.9 Å². The summed E-state index contributed by atoms with van der Waals surface area (Å²) in [4.78, 5) is 8.75. The zero-order valence-electron chi connectivity index (χ0n) is 12.8. The molecule has 0 unspecified atom stereocenters. The van der Waals surface area contributed by atoms with E-state index in [-0.39, 0.29) is 6.54 Å². The van der Waals surface area contributed by atoms with E-state index >= 15 is 0 Å². The molecule has 0 aliphatic carbocycles. The number of halogens is 3. The van der Waals surface area contributed by atoms with Crippen molar-refractivity contribution in [2.75, 3.05) is 23.7 Å². The predicted octanol–water partition coefficient (Wildman–Crippen LogP) is 3.92. The largest absolute Gasteiger partial charge is 0.390 e. The van der Waals surface area contributed by atoms with Gasteiger partial charge < -0.3 is 10.6 Å². The van der Waals surface area contributed by atoms with Gasteiger partial charge in [0, 0.05) is 25.1 Å². The number of nitrogens with zero attached hydrogens (tertiary/aromatic N) is 2. The summed E-state index contributed by atoms with van der Waals surface area (Å²) in [6, 6.07) is 0. The Hall–Kier alpha value is -1.53. The van der Waals surface area contributed by atoms with E-state index in [2.05, 4.69) is 20.6 Å². The van der Waals surface area contributed by atoms with Crippen molar-refractivity contribution < 1.29 is 13.2 Å². The molecule has 1 rings (SSSR count). The molecule has 0 aliphatic rings. The third-order valence-electron chi connectivity index (χ3n) is 2.91. The summed E-state index contributed by atoms with van der Waals surface area (Å²) in [6.07, 6.45) is -2.50. The van der Waals surface area contributed by atoms with Gasteiger partial charge in [-0.25, -0.2) is 9.97 Å². The maximum absolute atomic E-state index is 12.2. The van der Waals surface area contributed by atoms with Gasteiger partial charge in [0.2, 0.25) is 0 Å². The highest BCUT2D eigenvalue weighted by molar-refractivity contribution is 5.57. The monoisotopic (exact) mass is 304 g/mol. The number of rotatable bonds is 8. The second kappa shape index (κ2) is 8.05. The van der Waals surface area contributed by atoms with E-state index in [0.29, 0.717) is 23.9 Å². The summed E-state index contributed by atoms with van der Waals surface area (Å²) in [5, 5.41) is 5.97. The summed E-state index contributed by atoms with van der Waals surface area (Å²) >= 11 is 0. The molecular formula is C14H23F3N4. The van der Waals surface area contributed by atoms with E-state index < -0.39 is 12.6 Å². The van der Waals surface area contributed by atoms with Crippen molar-refractivity contribution in [2.45, 2.75) is 52.6 Å². The van der Waals surface area contributed by atoms with Gasteiger partial charge in [0.25, 0.3) is 0 Å². The highest BCUT2D eigenvalue weighted by Gasteiger charge is 2.26. The molecule has 0 bridgehead atoms. The summed E-state index contributed by atoms with van der Waals surface area (Å²) in [5.41, 5.74) is 0.755. The first-order valence-electron chi connectivity index (χ1n) is 7.29. The minimum atomic E-state index is -4.16. The van der Waals surface area contributed by atoms with Crippen molar-refractivity contribution in [1.29, 1.82) is 0 Å². The molecule has 120 valence electrons. The Bertz CT molecular complexity index is 447. The molecule has 0 atom stereocenters. The van der Waals surface area contributed by atoms with Crippen LogP contribution in [0.5, 0.6) is 0 Å². The van der Waals surface area contributed by atoms with Gasteiger partial charge in [-0.2, -0.15) is 13.2 Å². The number of aromatic nitrogens is 2. The van der Waals surface area contributed by atoms with Crippen LogP contribution in [0.1, 0.15) is 44.5 Å². The lowest BCUT2D eigenvalue weighted by Gasteiger charge is -2.15. The fraction of sp³-hybridized carbons (Fsp3) is 0.714. The molecule has 7 heteroatoms. The van der Waals surface area contributed by atoms with Crippen LogP contribution in [0.25, 0.3) is 0 Å². The van der Waals surface area contributed by atoms with Crippen LogP contribution in [0.4, 0.5) is 24.8 Å². The van der Waals surface area contributed by atoms with Gasteiger partial charge >= 0.3 is 6.18 Å². The van der Waals surface area contributed by atoms with Crippen molar-refractivity contribution in [1.82, 2.24) is 9.97 Å². The molecule has 0 saturated carbocycles. The minimum absolute atomic E-state index is 0.180. The molecule has 0 radical (unpaired) electrons. The number of hydrogen-bond donors (Lipinski definition) is 2. The second-order valence-corrected chi connectivity index (χ2v) is 4.93. The van der Waals surface area contributed by atoms with Gasteiger partial charge in [-0.05, 0) is 19.8 Å². The van der Waals surface area contributed by atoms with E-state index in [4.69, 9.17) is 0 Å². The number of alkyl halides is 3. The Morgan fingerprint density at radius 3 is 2.00 bits per heavy atom. The van der Waals surface area contributed by atoms with Crippen LogP contribution in [0.15, 0.2) is 0 Å². The van der Waals surface area contributed by atoms with Gasteiger partial charge in [-0.15, -0.1) is 0 Å². The molecule has 0 aliphatic heterocycles. The summed E-state index contributed by atoms with van der Waals surface area (Å²) in [6.45, 7) is 6.45. The fourth-order valence-electron chi connectivity index (χ4n) is 1.81. The normalized spacial score (nSPS) is 11.5. The van der Waals surface area contributed by atoms with Crippen LogP contribution in [0.3, 0.4) is 0 Å². The Morgan fingerprint density at radius 2 is 1.52 bits per heavy atom. The lowest BCUT2D eigenvalue weighted by Crippen LogP contribution is -2.17. The minimum Gasteiger partial charge on any atom is -0.370 e. The quantitative estimate of drug-likeness (QED) is 0.764. The average Bonchev–Trinajstić information content (AvgIpc) is 2.39. The van der Waals surface area contributed by atoms with Gasteiger partial charge in [0.15, 0.2) is 0 Å². The number of nitrogens with one attached hydrogen (secondary N) is 2. The molecule has 1 aromatic rings. The number of aryl methyl sites for hydroxylation is 1. The molecule has 4 nitrogen and oxygen atoms in total. The molecule has 0 amide bonds. The Morgan fingerprint density at radius 1 is 0.952 bits per heavy atom. The number of anilines is 2. The van der Waals surface area contributed by atoms with E-state index in [1.165, 1.54) is 0 Å². The van der Waals surface area contributed by atoms with Gasteiger partial charge in [-0.3, -0.25) is 0 Å². The van der Waals surface area contributed by atoms with E-state index in [1.54, 1.807) is 0 Å². The molecule has 1 heterocycles. The van der Waals surface area contributed by atoms with Crippen LogP contribution < -0.4 is 10.6 Å². The molecule has 0 saturated heterocycles. The summed E-state index contributed by atoms with van der Waals surface area (Å²) in [7, 11) is 0. The third kappa shape index (κ3) is 6.18.